The minimum absolute atomic E-state index is 0.110. The van der Waals surface area contributed by atoms with Crippen molar-refractivity contribution in [3.8, 4) is 0 Å². The lowest BCUT2D eigenvalue weighted by Crippen LogP contribution is -2.53. The number of carbonyl (C=O) groups is 1. The molecule has 0 radical (unpaired) electrons. The summed E-state index contributed by atoms with van der Waals surface area (Å²) in [5.74, 6) is -0.204. The standard InChI is InChI=1S/C28H25F6N3O2/c1-18-14-21-16-22(26(39,27(29,30)31)28(32,33)34)9-10-24(21)37(18)17-19-6-5-7-20(15-19)25(38)36(2)13-11-23-8-3-4-12-35-23/h3-10,12,14-16,39H,11,13,17H2,1-2H3. The normalized spacial score (nSPS) is 12.6. The van der Waals surface area contributed by atoms with Gasteiger partial charge in [0.05, 0.1) is 0 Å². The number of nitrogens with zero attached hydrogens (tertiary/aromatic N) is 3. The van der Waals surface area contributed by atoms with Gasteiger partial charge in [0.25, 0.3) is 11.5 Å². The lowest BCUT2D eigenvalue weighted by atomic mass is 9.91. The summed E-state index contributed by atoms with van der Waals surface area (Å²) in [6.45, 7) is 2.34. The predicted molar refractivity (Wildman–Crippen MR) is 133 cm³/mol. The van der Waals surface area contributed by atoms with Crippen molar-refractivity contribution in [1.82, 2.24) is 14.5 Å². The molecule has 2 aromatic heterocycles. The summed E-state index contributed by atoms with van der Waals surface area (Å²) in [7, 11) is 1.68. The number of fused-ring (bicyclic) bond motifs is 1. The van der Waals surface area contributed by atoms with Gasteiger partial charge in [0.2, 0.25) is 0 Å². The monoisotopic (exact) mass is 549 g/mol. The van der Waals surface area contributed by atoms with Crippen LogP contribution in [0.1, 0.15) is 32.9 Å². The fourth-order valence-corrected chi connectivity index (χ4v) is 4.47. The van der Waals surface area contributed by atoms with E-state index in [2.05, 4.69) is 4.98 Å². The quantitative estimate of drug-likeness (QED) is 0.287. The van der Waals surface area contributed by atoms with Crippen molar-refractivity contribution in [3.63, 3.8) is 0 Å². The van der Waals surface area contributed by atoms with E-state index in [0.29, 0.717) is 47.4 Å². The van der Waals surface area contributed by atoms with Gasteiger partial charge in [0, 0.05) is 66.2 Å². The first-order chi connectivity index (χ1) is 18.2. The van der Waals surface area contributed by atoms with Crippen LogP contribution in [-0.4, -0.2) is 51.4 Å². The number of halogens is 6. The summed E-state index contributed by atoms with van der Waals surface area (Å²) >= 11 is 0. The highest BCUT2D eigenvalue weighted by Crippen LogP contribution is 2.50. The maximum absolute atomic E-state index is 13.3. The lowest BCUT2D eigenvalue weighted by Gasteiger charge is -2.32. The summed E-state index contributed by atoms with van der Waals surface area (Å²) in [4.78, 5) is 18.8. The molecule has 0 aliphatic carbocycles. The minimum atomic E-state index is -5.96. The maximum Gasteiger partial charge on any atom is 0.430 e. The Balaban J connectivity index is 1.58. The third-order valence-corrected chi connectivity index (χ3v) is 6.64. The molecule has 5 nitrogen and oxygen atoms in total. The average molecular weight is 550 g/mol. The lowest BCUT2D eigenvalue weighted by molar-refractivity contribution is -0.376. The Morgan fingerprint density at radius 1 is 0.949 bits per heavy atom. The van der Waals surface area contributed by atoms with Crippen LogP contribution in [0.25, 0.3) is 10.9 Å². The van der Waals surface area contributed by atoms with E-state index in [1.54, 1.807) is 53.9 Å². The highest BCUT2D eigenvalue weighted by atomic mass is 19.4. The second-order valence-electron chi connectivity index (χ2n) is 9.35. The smallest absolute Gasteiger partial charge is 0.369 e. The van der Waals surface area contributed by atoms with Crippen LogP contribution in [0.4, 0.5) is 26.3 Å². The van der Waals surface area contributed by atoms with Gasteiger partial charge in [-0.3, -0.25) is 9.78 Å². The number of amides is 1. The minimum Gasteiger partial charge on any atom is -0.369 e. The van der Waals surface area contributed by atoms with Crippen LogP contribution >= 0.6 is 0 Å². The van der Waals surface area contributed by atoms with Crippen LogP contribution < -0.4 is 0 Å². The molecule has 4 aromatic rings. The molecule has 0 saturated carbocycles. The Labute approximate surface area is 220 Å². The van der Waals surface area contributed by atoms with Crippen molar-refractivity contribution in [2.24, 2.45) is 0 Å². The molecular weight excluding hydrogens is 524 g/mol. The molecule has 0 aliphatic rings. The molecule has 0 atom stereocenters. The van der Waals surface area contributed by atoms with E-state index >= 15 is 0 Å². The second kappa shape index (κ2) is 10.4. The Hall–Kier alpha value is -3.86. The fraction of sp³-hybridized carbons (Fsp3) is 0.286. The van der Waals surface area contributed by atoms with Crippen LogP contribution in [0, 0.1) is 6.92 Å². The molecule has 0 fully saturated rings. The summed E-state index contributed by atoms with van der Waals surface area (Å²) in [5.41, 5.74) is -3.34. The van der Waals surface area contributed by atoms with Gasteiger partial charge in [0.15, 0.2) is 0 Å². The van der Waals surface area contributed by atoms with Gasteiger partial charge in [-0.2, -0.15) is 26.3 Å². The van der Waals surface area contributed by atoms with Crippen molar-refractivity contribution >= 4 is 16.8 Å². The number of rotatable bonds is 7. The second-order valence-corrected chi connectivity index (χ2v) is 9.35. The van der Waals surface area contributed by atoms with Gasteiger partial charge in [-0.25, -0.2) is 0 Å². The molecule has 0 spiro atoms. The first kappa shape index (κ1) is 28.2. The summed E-state index contributed by atoms with van der Waals surface area (Å²) in [6.07, 6.45) is -9.67. The third kappa shape index (κ3) is 5.49. The zero-order valence-corrected chi connectivity index (χ0v) is 21.0. The molecule has 1 amide bonds. The number of likely N-dealkylation sites (N-methyl/N-ethyl adjacent to an activating group) is 1. The highest BCUT2D eigenvalue weighted by molar-refractivity contribution is 5.94. The van der Waals surface area contributed by atoms with Crippen molar-refractivity contribution in [1.29, 1.82) is 0 Å². The first-order valence-electron chi connectivity index (χ1n) is 11.9. The number of alkyl halides is 6. The topological polar surface area (TPSA) is 58.4 Å². The van der Waals surface area contributed by atoms with Crippen molar-refractivity contribution in [3.05, 3.63) is 101 Å². The van der Waals surface area contributed by atoms with E-state index in [4.69, 9.17) is 0 Å². The molecule has 2 aromatic carbocycles. The fourth-order valence-electron chi connectivity index (χ4n) is 4.47. The molecule has 0 aliphatic heterocycles. The number of aryl methyl sites for hydroxylation is 1. The molecule has 1 N–H and O–H groups in total. The van der Waals surface area contributed by atoms with Crippen LogP contribution in [0.2, 0.25) is 0 Å². The third-order valence-electron chi connectivity index (χ3n) is 6.64. The van der Waals surface area contributed by atoms with Gasteiger partial charge < -0.3 is 14.6 Å². The molecule has 39 heavy (non-hydrogen) atoms. The van der Waals surface area contributed by atoms with Gasteiger partial charge in [-0.05, 0) is 55.0 Å². The zero-order chi connectivity index (χ0) is 28.6. The van der Waals surface area contributed by atoms with E-state index in [-0.39, 0.29) is 17.8 Å². The van der Waals surface area contributed by atoms with Crippen molar-refractivity contribution < 1.29 is 36.2 Å². The number of carbonyl (C=O) groups excluding carboxylic acids is 1. The zero-order valence-electron chi connectivity index (χ0n) is 21.0. The van der Waals surface area contributed by atoms with E-state index in [1.807, 2.05) is 18.2 Å². The van der Waals surface area contributed by atoms with Gasteiger partial charge in [0.1, 0.15) is 0 Å². The number of hydrogen-bond donors (Lipinski definition) is 1. The van der Waals surface area contributed by atoms with Crippen molar-refractivity contribution in [2.45, 2.75) is 37.8 Å². The highest BCUT2D eigenvalue weighted by Gasteiger charge is 2.71. The molecule has 11 heteroatoms. The van der Waals surface area contributed by atoms with Gasteiger partial charge in [-0.15, -0.1) is 0 Å². The summed E-state index contributed by atoms with van der Waals surface area (Å²) in [6, 6.07) is 16.3. The molecule has 0 saturated heterocycles. The molecule has 206 valence electrons. The number of aromatic nitrogens is 2. The van der Waals surface area contributed by atoms with Crippen LogP contribution in [0.5, 0.6) is 0 Å². The van der Waals surface area contributed by atoms with Crippen molar-refractivity contribution in [2.75, 3.05) is 13.6 Å². The van der Waals surface area contributed by atoms with Gasteiger partial charge in [-0.1, -0.05) is 24.3 Å². The molecule has 2 heterocycles. The van der Waals surface area contributed by atoms with E-state index in [9.17, 15) is 36.2 Å². The molecule has 0 bridgehead atoms. The van der Waals surface area contributed by atoms with Crippen LogP contribution in [0.3, 0.4) is 0 Å². The number of pyridine rings is 1. The van der Waals surface area contributed by atoms with E-state index in [0.717, 1.165) is 11.8 Å². The molecular formula is C28H25F6N3O2. The van der Waals surface area contributed by atoms with Crippen LogP contribution in [0.15, 0.2) is 72.9 Å². The van der Waals surface area contributed by atoms with Gasteiger partial charge >= 0.3 is 12.4 Å². The average Bonchev–Trinajstić information content (AvgIpc) is 3.19. The summed E-state index contributed by atoms with van der Waals surface area (Å²) in [5, 5.41) is 9.87. The Morgan fingerprint density at radius 3 is 2.31 bits per heavy atom. The Morgan fingerprint density at radius 2 is 1.67 bits per heavy atom. The van der Waals surface area contributed by atoms with E-state index < -0.39 is 23.5 Å². The predicted octanol–water partition coefficient (Wildman–Crippen LogP) is 6.02. The Bertz CT molecular complexity index is 1460. The summed E-state index contributed by atoms with van der Waals surface area (Å²) < 4.78 is 81.8. The van der Waals surface area contributed by atoms with E-state index in [1.165, 1.54) is 6.07 Å². The largest absolute Gasteiger partial charge is 0.430 e. The number of aliphatic hydroxyl groups is 1. The Kier molecular flexibility index (Phi) is 7.48. The number of benzene rings is 2. The first-order valence-corrected chi connectivity index (χ1v) is 11.9. The molecule has 4 rings (SSSR count). The number of hydrogen-bond acceptors (Lipinski definition) is 3. The maximum atomic E-state index is 13.3. The van der Waals surface area contributed by atoms with Crippen LogP contribution in [-0.2, 0) is 18.6 Å². The SMILES string of the molecule is Cc1cc2cc(C(O)(C(F)(F)F)C(F)(F)F)ccc2n1Cc1cccc(C(=O)N(C)CCc2ccccn2)c1. The molecule has 0 unspecified atom stereocenters.